The van der Waals surface area contributed by atoms with Crippen LogP contribution < -0.4 is 0 Å². The zero-order valence-electron chi connectivity index (χ0n) is 6.38. The molecule has 0 radical (unpaired) electrons. The fourth-order valence-corrected chi connectivity index (χ4v) is 1.43. The first kappa shape index (κ1) is 8.93. The van der Waals surface area contributed by atoms with E-state index in [4.69, 9.17) is 15.3 Å². The second-order valence-electron chi connectivity index (χ2n) is 3.25. The van der Waals surface area contributed by atoms with Gasteiger partial charge in [-0.15, -0.1) is 0 Å². The molecule has 4 nitrogen and oxygen atoms in total. The van der Waals surface area contributed by atoms with Crippen LogP contribution in [-0.2, 0) is 0 Å². The highest BCUT2D eigenvalue weighted by Crippen LogP contribution is 2.24. The third-order valence-corrected chi connectivity index (χ3v) is 2.29. The van der Waals surface area contributed by atoms with Crippen LogP contribution >= 0.6 is 0 Å². The van der Waals surface area contributed by atoms with Crippen molar-refractivity contribution < 1.29 is 20.4 Å². The Morgan fingerprint density at radius 1 is 0.909 bits per heavy atom. The van der Waals surface area contributed by atoms with Crippen LogP contribution in [0.3, 0.4) is 0 Å². The van der Waals surface area contributed by atoms with Gasteiger partial charge in [0.2, 0.25) is 0 Å². The summed E-state index contributed by atoms with van der Waals surface area (Å²) >= 11 is 0. The lowest BCUT2D eigenvalue weighted by molar-refractivity contribution is -0.154. The van der Waals surface area contributed by atoms with E-state index in [1.54, 1.807) is 6.92 Å². The summed E-state index contributed by atoms with van der Waals surface area (Å²) in [7, 11) is 0. The third kappa shape index (κ3) is 1.54. The molecular weight excluding hydrogens is 148 g/mol. The molecule has 0 bridgehead atoms. The molecule has 1 fully saturated rings. The van der Waals surface area contributed by atoms with Crippen LogP contribution in [0.4, 0.5) is 0 Å². The lowest BCUT2D eigenvalue weighted by Crippen LogP contribution is -2.52. The van der Waals surface area contributed by atoms with E-state index in [-0.39, 0.29) is 5.92 Å². The minimum absolute atomic E-state index is 0.164. The Hall–Kier alpha value is -0.160. The van der Waals surface area contributed by atoms with Crippen molar-refractivity contribution in [1.29, 1.82) is 0 Å². The molecule has 0 unspecified atom stereocenters. The lowest BCUT2D eigenvalue weighted by Gasteiger charge is -2.36. The fraction of sp³-hybridized carbons (Fsp3) is 1.00. The van der Waals surface area contributed by atoms with E-state index in [0.717, 1.165) is 0 Å². The average molecular weight is 162 g/mol. The summed E-state index contributed by atoms with van der Waals surface area (Å²) in [5.74, 6) is -0.164. The Bertz CT molecular complexity index is 124. The quantitative estimate of drug-likeness (QED) is 0.348. The molecule has 0 amide bonds. The van der Waals surface area contributed by atoms with Gasteiger partial charge in [0, 0.05) is 0 Å². The summed E-state index contributed by atoms with van der Waals surface area (Å²) in [5.41, 5.74) is 0. The maximum Gasteiger partial charge on any atom is 0.108 e. The van der Waals surface area contributed by atoms with Gasteiger partial charge < -0.3 is 20.4 Å². The van der Waals surface area contributed by atoms with E-state index >= 15 is 0 Å². The highest BCUT2D eigenvalue weighted by Gasteiger charge is 2.39. The molecule has 1 aliphatic carbocycles. The van der Waals surface area contributed by atoms with Crippen LogP contribution in [0, 0.1) is 5.92 Å². The molecule has 11 heavy (non-hydrogen) atoms. The van der Waals surface area contributed by atoms with Crippen molar-refractivity contribution in [3.8, 4) is 0 Å². The predicted octanol–water partition coefficient (Wildman–Crippen LogP) is -1.53. The molecular formula is C7H14O4. The van der Waals surface area contributed by atoms with Gasteiger partial charge in [0.25, 0.3) is 0 Å². The van der Waals surface area contributed by atoms with Crippen LogP contribution in [0.15, 0.2) is 0 Å². The highest BCUT2D eigenvalue weighted by molar-refractivity contribution is 4.90. The summed E-state index contributed by atoms with van der Waals surface area (Å²) in [6.45, 7) is 1.73. The summed E-state index contributed by atoms with van der Waals surface area (Å²) in [4.78, 5) is 0. The van der Waals surface area contributed by atoms with E-state index in [2.05, 4.69) is 0 Å². The molecule has 1 aliphatic rings. The summed E-state index contributed by atoms with van der Waals surface area (Å²) in [6.07, 6.45) is -3.92. The minimum Gasteiger partial charge on any atom is -0.390 e. The zero-order valence-corrected chi connectivity index (χ0v) is 6.38. The average Bonchev–Trinajstić information content (AvgIpc) is 1.97. The van der Waals surface area contributed by atoms with Crippen LogP contribution in [0.25, 0.3) is 0 Å². The molecule has 4 N–H and O–H groups in total. The number of hydrogen-bond acceptors (Lipinski definition) is 4. The first-order valence-electron chi connectivity index (χ1n) is 3.76. The summed E-state index contributed by atoms with van der Waals surface area (Å²) in [5, 5.41) is 36.5. The van der Waals surface area contributed by atoms with Crippen LogP contribution in [0.2, 0.25) is 0 Å². The SMILES string of the molecule is C[C@@H]1C[C@H](O)[C@H](O)[C@@H](O)[C@H]1O. The Morgan fingerprint density at radius 2 is 1.45 bits per heavy atom. The number of rotatable bonds is 0. The first-order chi connectivity index (χ1) is 5.04. The molecule has 0 aromatic carbocycles. The number of aliphatic hydroxyl groups is 4. The summed E-state index contributed by atoms with van der Waals surface area (Å²) in [6, 6.07) is 0. The van der Waals surface area contributed by atoms with Crippen molar-refractivity contribution in [2.24, 2.45) is 5.92 Å². The van der Waals surface area contributed by atoms with Crippen LogP contribution in [-0.4, -0.2) is 44.8 Å². The van der Waals surface area contributed by atoms with Crippen molar-refractivity contribution in [3.05, 3.63) is 0 Å². The van der Waals surface area contributed by atoms with Gasteiger partial charge in [-0.05, 0) is 12.3 Å². The number of aliphatic hydroxyl groups excluding tert-OH is 4. The Labute approximate surface area is 65.1 Å². The second-order valence-corrected chi connectivity index (χ2v) is 3.25. The van der Waals surface area contributed by atoms with Crippen molar-refractivity contribution >= 4 is 0 Å². The van der Waals surface area contributed by atoms with Gasteiger partial charge in [-0.1, -0.05) is 6.92 Å². The molecule has 0 saturated heterocycles. The van der Waals surface area contributed by atoms with E-state index < -0.39 is 24.4 Å². The molecule has 4 heteroatoms. The molecule has 66 valence electrons. The van der Waals surface area contributed by atoms with Crippen molar-refractivity contribution in [2.75, 3.05) is 0 Å². The molecule has 0 spiro atoms. The molecule has 0 aromatic heterocycles. The third-order valence-electron chi connectivity index (χ3n) is 2.29. The van der Waals surface area contributed by atoms with Crippen molar-refractivity contribution in [1.82, 2.24) is 0 Å². The van der Waals surface area contributed by atoms with Crippen LogP contribution in [0.1, 0.15) is 13.3 Å². The van der Waals surface area contributed by atoms with Gasteiger partial charge >= 0.3 is 0 Å². The summed E-state index contributed by atoms with van der Waals surface area (Å²) < 4.78 is 0. The van der Waals surface area contributed by atoms with Crippen molar-refractivity contribution in [2.45, 2.75) is 37.8 Å². The van der Waals surface area contributed by atoms with Gasteiger partial charge in [0.05, 0.1) is 12.2 Å². The molecule has 0 aromatic rings. The normalized spacial score (nSPS) is 52.6. The molecule has 0 heterocycles. The highest BCUT2D eigenvalue weighted by atomic mass is 16.4. The maximum atomic E-state index is 9.21. The van der Waals surface area contributed by atoms with Gasteiger partial charge in [0.1, 0.15) is 12.2 Å². The molecule has 0 aliphatic heterocycles. The molecule has 1 rings (SSSR count). The predicted molar refractivity (Wildman–Crippen MR) is 37.8 cm³/mol. The van der Waals surface area contributed by atoms with E-state index in [9.17, 15) is 5.11 Å². The van der Waals surface area contributed by atoms with Gasteiger partial charge in [-0.3, -0.25) is 0 Å². The second kappa shape index (κ2) is 3.06. The Morgan fingerprint density at radius 3 is 2.00 bits per heavy atom. The lowest BCUT2D eigenvalue weighted by atomic mass is 9.82. The fourth-order valence-electron chi connectivity index (χ4n) is 1.43. The topological polar surface area (TPSA) is 80.9 Å². The monoisotopic (exact) mass is 162 g/mol. The molecule has 1 saturated carbocycles. The van der Waals surface area contributed by atoms with Gasteiger partial charge in [-0.2, -0.15) is 0 Å². The van der Waals surface area contributed by atoms with Crippen molar-refractivity contribution in [3.63, 3.8) is 0 Å². The van der Waals surface area contributed by atoms with Gasteiger partial charge in [-0.25, -0.2) is 0 Å². The van der Waals surface area contributed by atoms with E-state index in [1.165, 1.54) is 0 Å². The molecule has 5 atom stereocenters. The Kier molecular flexibility index (Phi) is 2.49. The van der Waals surface area contributed by atoms with E-state index in [1.807, 2.05) is 0 Å². The van der Waals surface area contributed by atoms with Crippen LogP contribution in [0.5, 0.6) is 0 Å². The largest absolute Gasteiger partial charge is 0.390 e. The smallest absolute Gasteiger partial charge is 0.108 e. The Balaban J connectivity index is 2.63. The zero-order chi connectivity index (χ0) is 8.59. The first-order valence-corrected chi connectivity index (χ1v) is 3.76. The maximum absolute atomic E-state index is 9.21. The standard InChI is InChI=1S/C7H14O4/c1-3-2-4(8)6(10)7(11)5(3)9/h3-11H,2H2,1H3/t3-,4+,5+,6+,7+/m1/s1. The van der Waals surface area contributed by atoms with Gasteiger partial charge in [0.15, 0.2) is 0 Å². The van der Waals surface area contributed by atoms with E-state index in [0.29, 0.717) is 6.42 Å². The minimum atomic E-state index is -1.21. The number of hydrogen-bond donors (Lipinski definition) is 4.